The lowest BCUT2D eigenvalue weighted by atomic mass is 10.0. The highest BCUT2D eigenvalue weighted by atomic mass is 79.9. The van der Waals surface area contributed by atoms with Crippen molar-refractivity contribution in [2.45, 2.75) is 32.3 Å². The molecule has 0 bridgehead atoms. The monoisotopic (exact) mass is 314 g/mol. The van der Waals surface area contributed by atoms with Gasteiger partial charge in [0.2, 0.25) is 0 Å². The number of nitrogens with zero attached hydrogens (tertiary/aromatic N) is 1. The van der Waals surface area contributed by atoms with Crippen LogP contribution in [0.2, 0.25) is 0 Å². The van der Waals surface area contributed by atoms with Gasteiger partial charge < -0.3 is 10.4 Å². The number of aliphatic hydroxyl groups is 1. The number of hydrogen-bond donors (Lipinski definition) is 2. The Labute approximate surface area is 115 Å². The Balaban J connectivity index is 2.81. The third-order valence-electron chi connectivity index (χ3n) is 2.65. The largest absolute Gasteiger partial charge is 0.388 e. The van der Waals surface area contributed by atoms with Gasteiger partial charge in [-0.1, -0.05) is 13.3 Å². The van der Waals surface area contributed by atoms with E-state index in [1.165, 1.54) is 12.1 Å². The number of benzene rings is 1. The summed E-state index contributed by atoms with van der Waals surface area (Å²) in [6.45, 7) is 3.95. The molecule has 1 aromatic rings. The lowest BCUT2D eigenvalue weighted by Crippen LogP contribution is -2.33. The SMILES string of the molecule is CCCC(C)(O)CNc1ccc(C#N)c(Br)c1F. The molecular formula is C13H16BrFN2O. The summed E-state index contributed by atoms with van der Waals surface area (Å²) in [5.74, 6) is -0.513. The van der Waals surface area contributed by atoms with Gasteiger partial charge in [-0.3, -0.25) is 0 Å². The van der Waals surface area contributed by atoms with Gasteiger partial charge in [-0.2, -0.15) is 5.26 Å². The second kappa shape index (κ2) is 6.17. The summed E-state index contributed by atoms with van der Waals surface area (Å²) in [5.41, 5.74) is -0.350. The summed E-state index contributed by atoms with van der Waals surface area (Å²) in [6, 6.07) is 4.92. The fourth-order valence-electron chi connectivity index (χ4n) is 1.68. The van der Waals surface area contributed by atoms with Crippen LogP contribution in [0.3, 0.4) is 0 Å². The first-order valence-electron chi connectivity index (χ1n) is 5.75. The van der Waals surface area contributed by atoms with Crippen molar-refractivity contribution in [2.24, 2.45) is 0 Å². The molecule has 0 aromatic heterocycles. The van der Waals surface area contributed by atoms with Crippen molar-refractivity contribution in [3.8, 4) is 6.07 Å². The van der Waals surface area contributed by atoms with Crippen molar-refractivity contribution in [1.82, 2.24) is 0 Å². The van der Waals surface area contributed by atoms with Crippen molar-refractivity contribution in [1.29, 1.82) is 5.26 Å². The predicted molar refractivity (Wildman–Crippen MR) is 72.8 cm³/mol. The van der Waals surface area contributed by atoms with E-state index in [0.29, 0.717) is 6.42 Å². The predicted octanol–water partition coefficient (Wildman–Crippen LogP) is 3.42. The molecule has 0 heterocycles. The minimum absolute atomic E-state index is 0.144. The van der Waals surface area contributed by atoms with Crippen LogP contribution in [0.15, 0.2) is 16.6 Å². The molecule has 0 saturated carbocycles. The zero-order chi connectivity index (χ0) is 13.8. The number of nitriles is 1. The number of nitrogens with one attached hydrogen (secondary N) is 1. The number of hydrogen-bond acceptors (Lipinski definition) is 3. The molecule has 0 saturated heterocycles. The van der Waals surface area contributed by atoms with Crippen molar-refractivity contribution in [3.63, 3.8) is 0 Å². The molecule has 0 fully saturated rings. The van der Waals surface area contributed by atoms with Crippen LogP contribution in [0.1, 0.15) is 32.3 Å². The summed E-state index contributed by atoms with van der Waals surface area (Å²) < 4.78 is 14.0. The van der Waals surface area contributed by atoms with Gasteiger partial charge in [-0.15, -0.1) is 0 Å². The first-order chi connectivity index (χ1) is 8.41. The molecular weight excluding hydrogens is 299 g/mol. The van der Waals surface area contributed by atoms with E-state index in [1.54, 1.807) is 6.92 Å². The van der Waals surface area contributed by atoms with Crippen LogP contribution in [0.25, 0.3) is 0 Å². The first-order valence-corrected chi connectivity index (χ1v) is 6.55. The van der Waals surface area contributed by atoms with Crippen molar-refractivity contribution < 1.29 is 9.50 Å². The van der Waals surface area contributed by atoms with Crippen LogP contribution in [0.5, 0.6) is 0 Å². The Bertz CT molecular complexity index is 469. The molecule has 3 nitrogen and oxygen atoms in total. The molecule has 1 rings (SSSR count). The van der Waals surface area contributed by atoms with Crippen molar-refractivity contribution >= 4 is 21.6 Å². The molecule has 1 aromatic carbocycles. The topological polar surface area (TPSA) is 56.0 Å². The maximum absolute atomic E-state index is 13.9. The number of halogens is 2. The van der Waals surface area contributed by atoms with E-state index in [9.17, 15) is 9.50 Å². The van der Waals surface area contributed by atoms with Crippen LogP contribution in [0, 0.1) is 17.1 Å². The number of rotatable bonds is 5. The Morgan fingerprint density at radius 1 is 1.56 bits per heavy atom. The molecule has 0 aliphatic heterocycles. The molecule has 5 heteroatoms. The Kier molecular flexibility index (Phi) is 5.12. The Hall–Kier alpha value is -1.12. The standard InChI is InChI=1S/C13H16BrFN2O/c1-3-6-13(2,18)8-17-10-5-4-9(7-16)11(14)12(10)15/h4-5,17-18H,3,6,8H2,1-2H3. The molecule has 18 heavy (non-hydrogen) atoms. The zero-order valence-corrected chi connectivity index (χ0v) is 12.0. The molecule has 98 valence electrons. The third-order valence-corrected chi connectivity index (χ3v) is 3.43. The average molecular weight is 315 g/mol. The van der Waals surface area contributed by atoms with Crippen LogP contribution in [-0.4, -0.2) is 17.3 Å². The maximum Gasteiger partial charge on any atom is 0.161 e. The van der Waals surface area contributed by atoms with E-state index in [1.807, 2.05) is 13.0 Å². The van der Waals surface area contributed by atoms with Crippen molar-refractivity contribution in [3.05, 3.63) is 28.0 Å². The molecule has 0 amide bonds. The van der Waals surface area contributed by atoms with E-state index in [-0.39, 0.29) is 22.3 Å². The van der Waals surface area contributed by atoms with Crippen LogP contribution in [0.4, 0.5) is 10.1 Å². The molecule has 0 aliphatic carbocycles. The summed E-state index contributed by atoms with van der Waals surface area (Å²) in [5, 5.41) is 21.6. The van der Waals surface area contributed by atoms with E-state index >= 15 is 0 Å². The highest BCUT2D eigenvalue weighted by molar-refractivity contribution is 9.10. The average Bonchev–Trinajstić information content (AvgIpc) is 2.31. The highest BCUT2D eigenvalue weighted by Gasteiger charge is 2.20. The van der Waals surface area contributed by atoms with Crippen LogP contribution < -0.4 is 5.32 Å². The minimum atomic E-state index is -0.873. The van der Waals surface area contributed by atoms with Gasteiger partial charge in [0, 0.05) is 6.54 Å². The lowest BCUT2D eigenvalue weighted by Gasteiger charge is -2.23. The summed E-state index contributed by atoms with van der Waals surface area (Å²) >= 11 is 3.04. The minimum Gasteiger partial charge on any atom is -0.388 e. The smallest absolute Gasteiger partial charge is 0.161 e. The van der Waals surface area contributed by atoms with E-state index < -0.39 is 11.4 Å². The maximum atomic E-state index is 13.9. The fraction of sp³-hybridized carbons (Fsp3) is 0.462. The molecule has 1 unspecified atom stereocenters. The van der Waals surface area contributed by atoms with Crippen molar-refractivity contribution in [2.75, 3.05) is 11.9 Å². The van der Waals surface area contributed by atoms with E-state index in [0.717, 1.165) is 6.42 Å². The van der Waals surface area contributed by atoms with E-state index in [2.05, 4.69) is 21.2 Å². The highest BCUT2D eigenvalue weighted by Crippen LogP contribution is 2.27. The van der Waals surface area contributed by atoms with Gasteiger partial charge in [0.15, 0.2) is 5.82 Å². The fourth-order valence-corrected chi connectivity index (χ4v) is 2.12. The number of anilines is 1. The quantitative estimate of drug-likeness (QED) is 0.875. The summed E-state index contributed by atoms with van der Waals surface area (Å²) in [4.78, 5) is 0. The van der Waals surface area contributed by atoms with Gasteiger partial charge in [0.05, 0.1) is 21.3 Å². The van der Waals surface area contributed by atoms with Gasteiger partial charge in [-0.05, 0) is 41.4 Å². The van der Waals surface area contributed by atoms with Gasteiger partial charge in [-0.25, -0.2) is 4.39 Å². The van der Waals surface area contributed by atoms with Crippen LogP contribution in [-0.2, 0) is 0 Å². The molecule has 0 spiro atoms. The Morgan fingerprint density at radius 2 is 2.22 bits per heavy atom. The Morgan fingerprint density at radius 3 is 2.78 bits per heavy atom. The molecule has 2 N–H and O–H groups in total. The first kappa shape index (κ1) is 14.9. The van der Waals surface area contributed by atoms with Crippen LogP contribution >= 0.6 is 15.9 Å². The summed E-state index contributed by atoms with van der Waals surface area (Å²) in [6.07, 6.45) is 1.49. The van der Waals surface area contributed by atoms with E-state index in [4.69, 9.17) is 5.26 Å². The summed E-state index contributed by atoms with van der Waals surface area (Å²) in [7, 11) is 0. The molecule has 1 atom stereocenters. The second-order valence-corrected chi connectivity index (χ2v) is 5.29. The van der Waals surface area contributed by atoms with Gasteiger partial charge >= 0.3 is 0 Å². The van der Waals surface area contributed by atoms with Gasteiger partial charge in [0.25, 0.3) is 0 Å². The van der Waals surface area contributed by atoms with Gasteiger partial charge in [0.1, 0.15) is 6.07 Å². The lowest BCUT2D eigenvalue weighted by molar-refractivity contribution is 0.0636. The zero-order valence-electron chi connectivity index (χ0n) is 10.4. The second-order valence-electron chi connectivity index (χ2n) is 4.50. The third kappa shape index (κ3) is 3.69. The normalized spacial score (nSPS) is 13.8. The molecule has 0 aliphatic rings. The molecule has 0 radical (unpaired) electrons.